The molecule has 1 unspecified atom stereocenters. The zero-order chi connectivity index (χ0) is 11.9. The molecule has 0 saturated carbocycles. The van der Waals surface area contributed by atoms with E-state index in [1.807, 2.05) is 0 Å². The lowest BCUT2D eigenvalue weighted by Gasteiger charge is -2.35. The summed E-state index contributed by atoms with van der Waals surface area (Å²) in [6, 6.07) is 3.24. The Labute approximate surface area is 101 Å². The van der Waals surface area contributed by atoms with Crippen molar-refractivity contribution in [3.63, 3.8) is 0 Å². The molecule has 0 spiro atoms. The smallest absolute Gasteiger partial charge is 0.143 e. The third-order valence-electron chi connectivity index (χ3n) is 3.38. The second-order valence-electron chi connectivity index (χ2n) is 5.57. The molecule has 3 heteroatoms. The fourth-order valence-corrected chi connectivity index (χ4v) is 2.29. The molecule has 1 aromatic rings. The van der Waals surface area contributed by atoms with Crippen molar-refractivity contribution < 1.29 is 4.39 Å². The molecule has 0 aromatic heterocycles. The van der Waals surface area contributed by atoms with Gasteiger partial charge < -0.3 is 5.32 Å². The van der Waals surface area contributed by atoms with E-state index in [9.17, 15) is 4.39 Å². The first kappa shape index (κ1) is 11.7. The first-order valence-electron chi connectivity index (χ1n) is 5.59. The van der Waals surface area contributed by atoms with Crippen molar-refractivity contribution in [3.8, 4) is 0 Å². The number of halogens is 2. The molecule has 0 saturated heterocycles. The molecule has 1 atom stereocenters. The van der Waals surface area contributed by atoms with Gasteiger partial charge in [0.25, 0.3) is 0 Å². The van der Waals surface area contributed by atoms with E-state index in [1.165, 1.54) is 6.07 Å². The number of anilines is 1. The first-order chi connectivity index (χ1) is 7.38. The van der Waals surface area contributed by atoms with Crippen LogP contribution in [0.3, 0.4) is 0 Å². The highest BCUT2D eigenvalue weighted by Crippen LogP contribution is 2.36. The Morgan fingerprint density at radius 1 is 1.38 bits per heavy atom. The summed E-state index contributed by atoms with van der Waals surface area (Å²) in [6.07, 6.45) is 0.964. The van der Waals surface area contributed by atoms with E-state index >= 15 is 0 Å². The maximum Gasteiger partial charge on any atom is 0.143 e. The van der Waals surface area contributed by atoms with E-state index in [2.05, 4.69) is 26.1 Å². The van der Waals surface area contributed by atoms with E-state index in [1.54, 1.807) is 6.07 Å². The quantitative estimate of drug-likeness (QED) is 0.721. The van der Waals surface area contributed by atoms with Crippen LogP contribution in [0.5, 0.6) is 0 Å². The van der Waals surface area contributed by atoms with E-state index in [0.717, 1.165) is 24.2 Å². The summed E-state index contributed by atoms with van der Waals surface area (Å²) in [4.78, 5) is 0. The van der Waals surface area contributed by atoms with Crippen LogP contribution in [0.1, 0.15) is 26.3 Å². The molecule has 1 aliphatic rings. The van der Waals surface area contributed by atoms with Crippen molar-refractivity contribution in [1.82, 2.24) is 0 Å². The van der Waals surface area contributed by atoms with Gasteiger partial charge in [0, 0.05) is 12.2 Å². The van der Waals surface area contributed by atoms with Gasteiger partial charge in [-0.25, -0.2) is 4.39 Å². The van der Waals surface area contributed by atoms with Gasteiger partial charge >= 0.3 is 0 Å². The highest BCUT2D eigenvalue weighted by atomic mass is 35.5. The maximum absolute atomic E-state index is 13.3. The lowest BCUT2D eigenvalue weighted by atomic mass is 9.75. The molecule has 0 radical (unpaired) electrons. The molecule has 0 bridgehead atoms. The number of fused-ring (bicyclic) bond motifs is 1. The second-order valence-corrected chi connectivity index (χ2v) is 5.98. The number of rotatable bonds is 0. The van der Waals surface area contributed by atoms with Crippen molar-refractivity contribution in [2.45, 2.75) is 27.2 Å². The fourth-order valence-electron chi connectivity index (χ4n) is 2.10. The Morgan fingerprint density at radius 3 is 2.69 bits per heavy atom. The molecule has 1 aliphatic heterocycles. The van der Waals surface area contributed by atoms with Crippen LogP contribution in [0.4, 0.5) is 10.1 Å². The van der Waals surface area contributed by atoms with Crippen LogP contribution in [0.2, 0.25) is 5.02 Å². The highest BCUT2D eigenvalue weighted by Gasteiger charge is 2.29. The number of hydrogen-bond acceptors (Lipinski definition) is 1. The molecule has 0 fully saturated rings. The highest BCUT2D eigenvalue weighted by molar-refractivity contribution is 6.30. The van der Waals surface area contributed by atoms with Gasteiger partial charge in [-0.3, -0.25) is 0 Å². The summed E-state index contributed by atoms with van der Waals surface area (Å²) in [5.74, 6) is 0.212. The van der Waals surface area contributed by atoms with E-state index in [-0.39, 0.29) is 16.3 Å². The predicted molar refractivity (Wildman–Crippen MR) is 66.5 cm³/mol. The average Bonchev–Trinajstić information content (AvgIpc) is 2.17. The Kier molecular flexibility index (Phi) is 2.87. The third kappa shape index (κ3) is 2.17. The van der Waals surface area contributed by atoms with E-state index in [0.29, 0.717) is 5.92 Å². The summed E-state index contributed by atoms with van der Waals surface area (Å²) in [7, 11) is 0. The molecule has 1 nitrogen and oxygen atoms in total. The van der Waals surface area contributed by atoms with Gasteiger partial charge in [0.05, 0.1) is 5.02 Å². The van der Waals surface area contributed by atoms with Crippen molar-refractivity contribution in [2.75, 3.05) is 11.9 Å². The molecule has 1 heterocycles. The van der Waals surface area contributed by atoms with Gasteiger partial charge in [-0.2, -0.15) is 0 Å². The monoisotopic (exact) mass is 241 g/mol. The van der Waals surface area contributed by atoms with Crippen LogP contribution in [0.15, 0.2) is 12.1 Å². The van der Waals surface area contributed by atoms with Crippen molar-refractivity contribution >= 4 is 17.3 Å². The maximum atomic E-state index is 13.3. The van der Waals surface area contributed by atoms with E-state index in [4.69, 9.17) is 11.6 Å². The van der Waals surface area contributed by atoms with Crippen molar-refractivity contribution in [3.05, 3.63) is 28.5 Å². The minimum absolute atomic E-state index is 0.218. The number of nitrogens with one attached hydrogen (secondary N) is 1. The van der Waals surface area contributed by atoms with Gasteiger partial charge in [0.15, 0.2) is 0 Å². The Balaban J connectivity index is 2.31. The average molecular weight is 242 g/mol. The molecular formula is C13H17ClFN. The van der Waals surface area contributed by atoms with Crippen LogP contribution >= 0.6 is 11.6 Å². The standard InChI is InChI=1S/C13H17ClFN/c1-13(2,3)9-4-8-5-10(14)11(15)6-12(8)16-7-9/h5-6,9,16H,4,7H2,1-3H3. The minimum atomic E-state index is -0.345. The molecule has 1 aromatic carbocycles. The molecule has 88 valence electrons. The van der Waals surface area contributed by atoms with Crippen molar-refractivity contribution in [2.24, 2.45) is 11.3 Å². The largest absolute Gasteiger partial charge is 0.384 e. The second kappa shape index (κ2) is 3.92. The summed E-state index contributed by atoms with van der Waals surface area (Å²) >= 11 is 5.80. The summed E-state index contributed by atoms with van der Waals surface area (Å²) in [5, 5.41) is 3.51. The van der Waals surface area contributed by atoms with Crippen LogP contribution in [0, 0.1) is 17.2 Å². The molecule has 1 N–H and O–H groups in total. The van der Waals surface area contributed by atoms with Crippen LogP contribution < -0.4 is 5.32 Å². The molecular weight excluding hydrogens is 225 g/mol. The van der Waals surface area contributed by atoms with Crippen LogP contribution in [-0.2, 0) is 6.42 Å². The Bertz CT molecular complexity index is 409. The fraction of sp³-hybridized carbons (Fsp3) is 0.538. The Hall–Kier alpha value is -0.760. The molecule has 2 rings (SSSR count). The molecule has 0 aliphatic carbocycles. The number of benzene rings is 1. The zero-order valence-corrected chi connectivity index (χ0v) is 10.7. The first-order valence-corrected chi connectivity index (χ1v) is 5.97. The van der Waals surface area contributed by atoms with Gasteiger partial charge in [0.2, 0.25) is 0 Å². The van der Waals surface area contributed by atoms with Crippen molar-refractivity contribution in [1.29, 1.82) is 0 Å². The van der Waals surface area contributed by atoms with E-state index < -0.39 is 0 Å². The topological polar surface area (TPSA) is 12.0 Å². The van der Waals surface area contributed by atoms with Gasteiger partial charge in [-0.15, -0.1) is 0 Å². The third-order valence-corrected chi connectivity index (χ3v) is 3.67. The normalized spacial score (nSPS) is 20.2. The lowest BCUT2D eigenvalue weighted by Crippen LogP contribution is -2.33. The molecule has 16 heavy (non-hydrogen) atoms. The Morgan fingerprint density at radius 2 is 2.06 bits per heavy atom. The summed E-state index contributed by atoms with van der Waals surface area (Å²) in [5.41, 5.74) is 2.27. The SMILES string of the molecule is CC(C)(C)C1CNc2cc(F)c(Cl)cc2C1. The minimum Gasteiger partial charge on any atom is -0.384 e. The van der Waals surface area contributed by atoms with Crippen LogP contribution in [-0.4, -0.2) is 6.54 Å². The summed E-state index contributed by atoms with van der Waals surface area (Å²) in [6.45, 7) is 7.60. The zero-order valence-electron chi connectivity index (χ0n) is 9.90. The van der Waals surface area contributed by atoms with Gasteiger partial charge in [-0.05, 0) is 35.4 Å². The van der Waals surface area contributed by atoms with Gasteiger partial charge in [0.1, 0.15) is 5.82 Å². The lowest BCUT2D eigenvalue weighted by molar-refractivity contribution is 0.247. The predicted octanol–water partition coefficient (Wildman–Crippen LogP) is 4.11. The summed E-state index contributed by atoms with van der Waals surface area (Å²) < 4.78 is 13.3. The van der Waals surface area contributed by atoms with Crippen LogP contribution in [0.25, 0.3) is 0 Å². The van der Waals surface area contributed by atoms with Gasteiger partial charge in [-0.1, -0.05) is 32.4 Å². The number of hydrogen-bond donors (Lipinski definition) is 1. The molecule has 0 amide bonds.